The van der Waals surface area contributed by atoms with Gasteiger partial charge in [-0.1, -0.05) is 11.6 Å². The molecule has 1 aliphatic rings. The van der Waals surface area contributed by atoms with Crippen molar-refractivity contribution in [2.45, 2.75) is 44.8 Å². The van der Waals surface area contributed by atoms with Crippen LogP contribution in [-0.4, -0.2) is 32.4 Å². The van der Waals surface area contributed by atoms with Gasteiger partial charge in [0, 0.05) is 6.04 Å². The minimum Gasteiger partial charge on any atom is -0.393 e. The van der Waals surface area contributed by atoms with Gasteiger partial charge in [0.25, 0.3) is 0 Å². The van der Waals surface area contributed by atoms with Gasteiger partial charge in [-0.15, -0.1) is 10.2 Å². The van der Waals surface area contributed by atoms with Gasteiger partial charge < -0.3 is 10.4 Å². The lowest BCUT2D eigenvalue weighted by molar-refractivity contribution is 0.124. The number of aliphatic hydroxyl groups is 1. The zero-order valence-electron chi connectivity index (χ0n) is 9.15. The molecule has 0 radical (unpaired) electrons. The van der Waals surface area contributed by atoms with E-state index in [9.17, 15) is 5.11 Å². The van der Waals surface area contributed by atoms with E-state index in [0.29, 0.717) is 16.8 Å². The molecule has 88 valence electrons. The summed E-state index contributed by atoms with van der Waals surface area (Å²) in [7, 11) is 0. The van der Waals surface area contributed by atoms with Crippen LogP contribution >= 0.6 is 11.6 Å². The largest absolute Gasteiger partial charge is 0.393 e. The number of hydrogen-bond acceptors (Lipinski definition) is 5. The Hall–Kier alpha value is -0.940. The zero-order chi connectivity index (χ0) is 11.5. The average molecular weight is 243 g/mol. The number of halogens is 1. The Balaban J connectivity index is 2.00. The number of nitrogens with zero attached hydrogens (tertiary/aromatic N) is 3. The summed E-state index contributed by atoms with van der Waals surface area (Å²) in [4.78, 5) is 4.19. The molecule has 6 heteroatoms. The van der Waals surface area contributed by atoms with Gasteiger partial charge in [-0.25, -0.2) is 4.98 Å². The maximum atomic E-state index is 9.54. The van der Waals surface area contributed by atoms with Crippen molar-refractivity contribution >= 4 is 17.5 Å². The van der Waals surface area contributed by atoms with Crippen molar-refractivity contribution in [1.29, 1.82) is 0 Å². The second-order valence-electron chi connectivity index (χ2n) is 4.17. The number of aliphatic hydroxyl groups excluding tert-OH is 1. The molecule has 0 saturated heterocycles. The summed E-state index contributed by atoms with van der Waals surface area (Å²) in [5.41, 5.74) is 0.663. The van der Waals surface area contributed by atoms with Crippen molar-refractivity contribution in [3.05, 3.63) is 10.8 Å². The van der Waals surface area contributed by atoms with Crippen LogP contribution in [0.25, 0.3) is 0 Å². The molecule has 0 amide bonds. The Morgan fingerprint density at radius 1 is 1.38 bits per heavy atom. The number of hydrogen-bond donors (Lipinski definition) is 2. The molecule has 0 spiro atoms. The Morgan fingerprint density at radius 2 is 2.19 bits per heavy atom. The van der Waals surface area contributed by atoms with Gasteiger partial charge in [0.2, 0.25) is 5.95 Å². The number of anilines is 1. The summed E-state index contributed by atoms with van der Waals surface area (Å²) >= 11 is 5.74. The second-order valence-corrected chi connectivity index (χ2v) is 4.53. The number of rotatable bonds is 2. The van der Waals surface area contributed by atoms with Crippen LogP contribution in [0.4, 0.5) is 5.95 Å². The number of nitrogens with one attached hydrogen (secondary N) is 1. The maximum absolute atomic E-state index is 9.54. The molecule has 16 heavy (non-hydrogen) atoms. The van der Waals surface area contributed by atoms with Crippen molar-refractivity contribution in [2.75, 3.05) is 5.32 Å². The van der Waals surface area contributed by atoms with E-state index < -0.39 is 0 Å². The molecule has 2 atom stereocenters. The summed E-state index contributed by atoms with van der Waals surface area (Å²) in [5.74, 6) is 0.487. The first-order valence-electron chi connectivity index (χ1n) is 5.46. The predicted octanol–water partition coefficient (Wildman–Crippen LogP) is 1.55. The van der Waals surface area contributed by atoms with Crippen molar-refractivity contribution < 1.29 is 5.11 Å². The first kappa shape index (κ1) is 11.5. The fourth-order valence-corrected chi connectivity index (χ4v) is 2.01. The molecule has 1 aromatic heterocycles. The van der Waals surface area contributed by atoms with Gasteiger partial charge in [0.15, 0.2) is 5.15 Å². The Morgan fingerprint density at radius 3 is 2.88 bits per heavy atom. The lowest BCUT2D eigenvalue weighted by Gasteiger charge is -2.26. The van der Waals surface area contributed by atoms with E-state index >= 15 is 0 Å². The molecule has 0 aromatic carbocycles. The summed E-state index contributed by atoms with van der Waals surface area (Å²) in [6.07, 6.45) is 3.47. The van der Waals surface area contributed by atoms with Crippen LogP contribution in [-0.2, 0) is 0 Å². The molecule has 0 unspecified atom stereocenters. The summed E-state index contributed by atoms with van der Waals surface area (Å²) in [6.45, 7) is 1.79. The normalized spacial score (nSPS) is 25.4. The molecule has 1 saturated carbocycles. The van der Waals surface area contributed by atoms with Crippen LogP contribution < -0.4 is 5.32 Å². The van der Waals surface area contributed by atoms with Crippen LogP contribution in [0.3, 0.4) is 0 Å². The van der Waals surface area contributed by atoms with Crippen LogP contribution in [0.1, 0.15) is 31.4 Å². The minimum atomic E-state index is -0.215. The smallest absolute Gasteiger partial charge is 0.243 e. The molecule has 1 aromatic rings. The topological polar surface area (TPSA) is 70.9 Å². The molecule has 1 aliphatic carbocycles. The molecule has 0 bridgehead atoms. The summed E-state index contributed by atoms with van der Waals surface area (Å²) < 4.78 is 0. The molecule has 2 N–H and O–H groups in total. The molecular formula is C10H15ClN4O. The van der Waals surface area contributed by atoms with Crippen molar-refractivity contribution in [1.82, 2.24) is 15.2 Å². The van der Waals surface area contributed by atoms with Crippen LogP contribution in [0.15, 0.2) is 0 Å². The highest BCUT2D eigenvalue weighted by Gasteiger charge is 2.20. The number of aryl methyl sites for hydroxylation is 1. The fraction of sp³-hybridized carbons (Fsp3) is 0.700. The Bertz CT molecular complexity index is 374. The van der Waals surface area contributed by atoms with E-state index in [0.717, 1.165) is 25.7 Å². The quantitative estimate of drug-likeness (QED) is 0.823. The van der Waals surface area contributed by atoms with Crippen molar-refractivity contribution in [2.24, 2.45) is 0 Å². The van der Waals surface area contributed by atoms with Crippen LogP contribution in [0.5, 0.6) is 0 Å². The monoisotopic (exact) mass is 242 g/mol. The van der Waals surface area contributed by atoms with Gasteiger partial charge >= 0.3 is 0 Å². The van der Waals surface area contributed by atoms with Gasteiger partial charge in [-0.2, -0.15) is 0 Å². The maximum Gasteiger partial charge on any atom is 0.243 e. The van der Waals surface area contributed by atoms with E-state index in [1.807, 2.05) is 0 Å². The standard InChI is InChI=1S/C10H15ClN4O/c1-6-9(11)14-15-10(12-6)13-7-3-2-4-8(16)5-7/h7-8,16H,2-5H2,1H3,(H,12,13,15)/t7-,8+/m1/s1. The van der Waals surface area contributed by atoms with E-state index in [4.69, 9.17) is 11.6 Å². The molecule has 1 heterocycles. The van der Waals surface area contributed by atoms with E-state index in [2.05, 4.69) is 20.5 Å². The minimum absolute atomic E-state index is 0.215. The van der Waals surface area contributed by atoms with E-state index in [1.165, 1.54) is 0 Å². The average Bonchev–Trinajstić information content (AvgIpc) is 2.24. The SMILES string of the molecule is Cc1nc(N[C@@H]2CCC[C@H](O)C2)nnc1Cl. The first-order chi connectivity index (χ1) is 7.65. The number of aromatic nitrogens is 3. The summed E-state index contributed by atoms with van der Waals surface area (Å²) in [6, 6.07) is 0.228. The first-order valence-corrected chi connectivity index (χ1v) is 5.84. The fourth-order valence-electron chi connectivity index (χ4n) is 1.93. The van der Waals surface area contributed by atoms with E-state index in [-0.39, 0.29) is 12.1 Å². The van der Waals surface area contributed by atoms with Crippen LogP contribution in [0, 0.1) is 6.92 Å². The molecule has 1 fully saturated rings. The third kappa shape index (κ3) is 2.80. The second kappa shape index (κ2) is 4.93. The summed E-state index contributed by atoms with van der Waals surface area (Å²) in [5, 5.41) is 20.7. The highest BCUT2D eigenvalue weighted by molar-refractivity contribution is 6.29. The zero-order valence-corrected chi connectivity index (χ0v) is 9.91. The van der Waals surface area contributed by atoms with Crippen molar-refractivity contribution in [3.8, 4) is 0 Å². The highest BCUT2D eigenvalue weighted by atomic mass is 35.5. The predicted molar refractivity (Wildman–Crippen MR) is 61.5 cm³/mol. The molecular weight excluding hydrogens is 228 g/mol. The van der Waals surface area contributed by atoms with Crippen molar-refractivity contribution in [3.63, 3.8) is 0 Å². The Kier molecular flexibility index (Phi) is 3.56. The van der Waals surface area contributed by atoms with Crippen LogP contribution in [0.2, 0.25) is 5.15 Å². The van der Waals surface area contributed by atoms with E-state index in [1.54, 1.807) is 6.92 Å². The van der Waals surface area contributed by atoms with Gasteiger partial charge in [-0.3, -0.25) is 0 Å². The lowest BCUT2D eigenvalue weighted by atomic mass is 9.93. The molecule has 2 rings (SSSR count). The van der Waals surface area contributed by atoms with Gasteiger partial charge in [0.1, 0.15) is 0 Å². The highest BCUT2D eigenvalue weighted by Crippen LogP contribution is 2.21. The molecule has 0 aliphatic heterocycles. The Labute approximate surface area is 99.3 Å². The lowest BCUT2D eigenvalue weighted by Crippen LogP contribution is -2.30. The van der Waals surface area contributed by atoms with Gasteiger partial charge in [0.05, 0.1) is 11.8 Å². The third-order valence-electron chi connectivity index (χ3n) is 2.78. The molecule has 5 nitrogen and oxygen atoms in total. The third-order valence-corrected chi connectivity index (χ3v) is 3.13. The van der Waals surface area contributed by atoms with Gasteiger partial charge in [-0.05, 0) is 32.6 Å².